The molecule has 0 atom stereocenters. The molecule has 1 aliphatic heterocycles. The van der Waals surface area contributed by atoms with Crippen molar-refractivity contribution in [1.29, 1.82) is 0 Å². The van der Waals surface area contributed by atoms with Crippen molar-refractivity contribution in [3.05, 3.63) is 42.0 Å². The number of aromatic amines is 1. The van der Waals surface area contributed by atoms with Crippen LogP contribution in [-0.4, -0.2) is 43.0 Å². The van der Waals surface area contributed by atoms with Crippen LogP contribution < -0.4 is 0 Å². The highest BCUT2D eigenvalue weighted by molar-refractivity contribution is 5.74. The number of piperidine rings is 1. The number of imidazole rings is 1. The summed E-state index contributed by atoms with van der Waals surface area (Å²) in [6.07, 6.45) is 5.35. The minimum Gasteiger partial charge on any atom is -0.342 e. The van der Waals surface area contributed by atoms with E-state index in [4.69, 9.17) is 4.98 Å². The molecule has 23 heavy (non-hydrogen) atoms. The summed E-state index contributed by atoms with van der Waals surface area (Å²) in [4.78, 5) is 12.3. The number of aryl methyl sites for hydroxylation is 1. The van der Waals surface area contributed by atoms with E-state index in [-0.39, 0.29) is 0 Å². The highest BCUT2D eigenvalue weighted by atomic mass is 15.5. The first kappa shape index (κ1) is 14.4. The van der Waals surface area contributed by atoms with Crippen LogP contribution >= 0.6 is 0 Å². The summed E-state index contributed by atoms with van der Waals surface area (Å²) in [7, 11) is 1.86. The first-order chi connectivity index (χ1) is 11.3. The molecular formula is C17H22N6. The van der Waals surface area contributed by atoms with Crippen LogP contribution in [-0.2, 0) is 20.0 Å². The fourth-order valence-corrected chi connectivity index (χ4v) is 3.41. The standard InChI is InChI=1S/C17H22N6/c1-22-18-11-14(21-22)12-23-8-6-13(7-9-23)10-17-19-15-4-2-3-5-16(15)20-17/h2-5,11,13H,6-10,12H2,1H3,(H,19,20). The van der Waals surface area contributed by atoms with Gasteiger partial charge >= 0.3 is 0 Å². The van der Waals surface area contributed by atoms with Gasteiger partial charge in [-0.2, -0.15) is 15.0 Å². The fourth-order valence-electron chi connectivity index (χ4n) is 3.41. The van der Waals surface area contributed by atoms with Gasteiger partial charge in [-0.3, -0.25) is 4.90 Å². The molecule has 1 fully saturated rings. The van der Waals surface area contributed by atoms with Gasteiger partial charge < -0.3 is 4.98 Å². The van der Waals surface area contributed by atoms with Crippen LogP contribution in [0.5, 0.6) is 0 Å². The molecule has 0 spiro atoms. The van der Waals surface area contributed by atoms with Crippen LogP contribution in [0.2, 0.25) is 0 Å². The van der Waals surface area contributed by atoms with Crippen molar-refractivity contribution in [2.45, 2.75) is 25.8 Å². The van der Waals surface area contributed by atoms with Gasteiger partial charge in [-0.15, -0.1) is 0 Å². The summed E-state index contributed by atoms with van der Waals surface area (Å²) < 4.78 is 0. The van der Waals surface area contributed by atoms with Crippen LogP contribution in [0.1, 0.15) is 24.4 Å². The predicted octanol–water partition coefficient (Wildman–Crippen LogP) is 2.15. The van der Waals surface area contributed by atoms with E-state index in [9.17, 15) is 0 Å². The summed E-state index contributed by atoms with van der Waals surface area (Å²) in [6.45, 7) is 3.16. The highest BCUT2D eigenvalue weighted by Crippen LogP contribution is 2.22. The number of hydrogen-bond acceptors (Lipinski definition) is 4. The maximum Gasteiger partial charge on any atom is 0.107 e. The van der Waals surface area contributed by atoms with Crippen molar-refractivity contribution in [2.24, 2.45) is 13.0 Å². The zero-order valence-corrected chi connectivity index (χ0v) is 13.4. The summed E-state index contributed by atoms with van der Waals surface area (Å²) in [5.41, 5.74) is 3.27. The second-order valence-electron chi connectivity index (χ2n) is 6.45. The first-order valence-corrected chi connectivity index (χ1v) is 8.27. The van der Waals surface area contributed by atoms with Gasteiger partial charge in [0.25, 0.3) is 0 Å². The van der Waals surface area contributed by atoms with E-state index in [1.807, 2.05) is 19.3 Å². The van der Waals surface area contributed by atoms with Crippen LogP contribution in [0.15, 0.2) is 30.5 Å². The van der Waals surface area contributed by atoms with Gasteiger partial charge in [0, 0.05) is 20.0 Å². The van der Waals surface area contributed by atoms with Crippen LogP contribution in [0.4, 0.5) is 0 Å². The van der Waals surface area contributed by atoms with Gasteiger partial charge in [0.05, 0.1) is 22.9 Å². The zero-order valence-electron chi connectivity index (χ0n) is 13.4. The fraction of sp³-hybridized carbons (Fsp3) is 0.471. The molecule has 1 aromatic carbocycles. The number of aromatic nitrogens is 5. The molecule has 6 nitrogen and oxygen atoms in total. The lowest BCUT2D eigenvalue weighted by molar-refractivity contribution is 0.174. The van der Waals surface area contributed by atoms with Gasteiger partial charge in [0.1, 0.15) is 5.82 Å². The van der Waals surface area contributed by atoms with E-state index in [0.29, 0.717) is 5.92 Å². The lowest BCUT2D eigenvalue weighted by atomic mass is 9.93. The van der Waals surface area contributed by atoms with Crippen LogP contribution in [0.25, 0.3) is 11.0 Å². The molecule has 0 aliphatic carbocycles. The Kier molecular flexibility index (Phi) is 3.83. The van der Waals surface area contributed by atoms with E-state index in [2.05, 4.69) is 38.3 Å². The quantitative estimate of drug-likeness (QED) is 0.802. The molecule has 1 saturated heterocycles. The number of fused-ring (bicyclic) bond motifs is 1. The molecule has 0 unspecified atom stereocenters. The number of para-hydroxylation sites is 2. The lowest BCUT2D eigenvalue weighted by Gasteiger charge is -2.30. The molecule has 4 rings (SSSR count). The Labute approximate surface area is 135 Å². The molecule has 0 radical (unpaired) electrons. The maximum absolute atomic E-state index is 4.71. The summed E-state index contributed by atoms with van der Waals surface area (Å²) in [5, 5.41) is 8.50. The normalized spacial score (nSPS) is 17.1. The smallest absolute Gasteiger partial charge is 0.107 e. The number of nitrogens with one attached hydrogen (secondary N) is 1. The largest absolute Gasteiger partial charge is 0.342 e. The summed E-state index contributed by atoms with van der Waals surface area (Å²) in [6, 6.07) is 8.25. The molecule has 6 heteroatoms. The Morgan fingerprint density at radius 2 is 2.04 bits per heavy atom. The van der Waals surface area contributed by atoms with Crippen LogP contribution in [0.3, 0.4) is 0 Å². The van der Waals surface area contributed by atoms with E-state index in [1.165, 1.54) is 12.8 Å². The SMILES string of the molecule is Cn1ncc(CN2CCC(Cc3nc4ccccc4[nH]3)CC2)n1. The third kappa shape index (κ3) is 3.27. The van der Waals surface area contributed by atoms with Crippen molar-refractivity contribution in [3.8, 4) is 0 Å². The Bertz CT molecular complexity index is 748. The minimum atomic E-state index is 0.716. The van der Waals surface area contributed by atoms with Crippen molar-refractivity contribution >= 4 is 11.0 Å². The Morgan fingerprint density at radius 3 is 2.78 bits per heavy atom. The number of H-pyrrole nitrogens is 1. The second kappa shape index (κ2) is 6.12. The first-order valence-electron chi connectivity index (χ1n) is 8.27. The predicted molar refractivity (Wildman–Crippen MR) is 88.8 cm³/mol. The molecule has 1 N–H and O–H groups in total. The van der Waals surface area contributed by atoms with E-state index in [0.717, 1.165) is 48.6 Å². The van der Waals surface area contributed by atoms with Gasteiger partial charge in [-0.25, -0.2) is 4.98 Å². The van der Waals surface area contributed by atoms with E-state index >= 15 is 0 Å². The van der Waals surface area contributed by atoms with Crippen molar-refractivity contribution in [3.63, 3.8) is 0 Å². The number of hydrogen-bond donors (Lipinski definition) is 1. The Balaban J connectivity index is 1.32. The van der Waals surface area contributed by atoms with Gasteiger partial charge in [-0.05, 0) is 44.0 Å². The average molecular weight is 310 g/mol. The lowest BCUT2D eigenvalue weighted by Crippen LogP contribution is -2.34. The second-order valence-corrected chi connectivity index (χ2v) is 6.45. The van der Waals surface area contributed by atoms with Crippen LogP contribution in [0, 0.1) is 5.92 Å². The molecule has 1 aliphatic rings. The Hall–Kier alpha value is -2.21. The summed E-state index contributed by atoms with van der Waals surface area (Å²) >= 11 is 0. The minimum absolute atomic E-state index is 0.716. The third-order valence-corrected chi connectivity index (χ3v) is 4.66. The molecule has 2 aromatic heterocycles. The molecular weight excluding hydrogens is 288 g/mol. The van der Waals surface area contributed by atoms with Crippen molar-refractivity contribution < 1.29 is 0 Å². The third-order valence-electron chi connectivity index (χ3n) is 4.66. The van der Waals surface area contributed by atoms with Gasteiger partial charge in [-0.1, -0.05) is 12.1 Å². The highest BCUT2D eigenvalue weighted by Gasteiger charge is 2.21. The van der Waals surface area contributed by atoms with E-state index in [1.54, 1.807) is 4.80 Å². The summed E-state index contributed by atoms with van der Waals surface area (Å²) in [5.74, 6) is 1.84. The Morgan fingerprint density at radius 1 is 1.22 bits per heavy atom. The molecule has 3 heterocycles. The number of likely N-dealkylation sites (tertiary alicyclic amines) is 1. The molecule has 3 aromatic rings. The molecule has 120 valence electrons. The topological polar surface area (TPSA) is 62.6 Å². The molecule has 0 saturated carbocycles. The monoisotopic (exact) mass is 310 g/mol. The number of nitrogens with zero attached hydrogens (tertiary/aromatic N) is 5. The maximum atomic E-state index is 4.71. The van der Waals surface area contributed by atoms with Crippen molar-refractivity contribution in [2.75, 3.05) is 13.1 Å². The molecule has 0 bridgehead atoms. The molecule has 0 amide bonds. The van der Waals surface area contributed by atoms with Crippen molar-refractivity contribution in [1.82, 2.24) is 29.9 Å². The number of benzene rings is 1. The van der Waals surface area contributed by atoms with E-state index < -0.39 is 0 Å². The van der Waals surface area contributed by atoms with Gasteiger partial charge in [0.15, 0.2) is 0 Å². The van der Waals surface area contributed by atoms with Gasteiger partial charge in [0.2, 0.25) is 0 Å². The average Bonchev–Trinajstić information content (AvgIpc) is 3.14. The number of rotatable bonds is 4. The zero-order chi connectivity index (χ0) is 15.6.